The van der Waals surface area contributed by atoms with E-state index in [0.717, 1.165) is 16.8 Å². The lowest BCUT2D eigenvalue weighted by atomic mass is 10.1. The molecule has 6 nitrogen and oxygen atoms in total. The summed E-state index contributed by atoms with van der Waals surface area (Å²) in [6, 6.07) is 29.7. The highest BCUT2D eigenvalue weighted by molar-refractivity contribution is 8.18. The van der Waals surface area contributed by atoms with E-state index in [1.807, 2.05) is 60.7 Å². The van der Waals surface area contributed by atoms with Crippen molar-refractivity contribution in [2.75, 3.05) is 6.54 Å². The molecule has 1 amide bonds. The predicted octanol–water partition coefficient (Wildman–Crippen LogP) is 6.49. The Kier molecular flexibility index (Phi) is 6.82. The largest absolute Gasteiger partial charge is 0.478 e. The molecule has 0 unspecified atom stereocenters. The number of carboxylic acids is 1. The Morgan fingerprint density at radius 2 is 1.61 bits per heavy atom. The first kappa shape index (κ1) is 23.4. The molecule has 0 spiro atoms. The van der Waals surface area contributed by atoms with Gasteiger partial charge in [0.15, 0.2) is 5.17 Å². The SMILES string of the molecule is O=C(O)c1ccc(-c2ccc(C=C3SC(=Nc4ccccc4)N(CCc4ccccc4)C3=O)o2)cc1. The summed E-state index contributed by atoms with van der Waals surface area (Å²) in [7, 11) is 0. The Bertz CT molecular complexity index is 1440. The molecular formula is C29H22N2O4S. The Labute approximate surface area is 212 Å². The number of amides is 1. The number of aliphatic imine (C=N–C) groups is 1. The summed E-state index contributed by atoms with van der Waals surface area (Å²) in [5.74, 6) is 0.0304. The molecule has 178 valence electrons. The van der Waals surface area contributed by atoms with Crippen LogP contribution in [0.1, 0.15) is 21.7 Å². The molecule has 3 aromatic carbocycles. The smallest absolute Gasteiger partial charge is 0.335 e. The number of hydrogen-bond donors (Lipinski definition) is 1. The number of carboxylic acid groups (broad SMARTS) is 1. The van der Waals surface area contributed by atoms with Gasteiger partial charge in [-0.2, -0.15) is 0 Å². The maximum Gasteiger partial charge on any atom is 0.335 e. The molecule has 0 atom stereocenters. The van der Waals surface area contributed by atoms with Crippen LogP contribution >= 0.6 is 11.8 Å². The summed E-state index contributed by atoms with van der Waals surface area (Å²) in [5, 5.41) is 9.72. The summed E-state index contributed by atoms with van der Waals surface area (Å²) >= 11 is 1.32. The normalized spacial score (nSPS) is 15.7. The highest BCUT2D eigenvalue weighted by Crippen LogP contribution is 2.35. The molecular weight excluding hydrogens is 472 g/mol. The van der Waals surface area contributed by atoms with Crippen LogP contribution in [0.4, 0.5) is 5.69 Å². The van der Waals surface area contributed by atoms with Crippen LogP contribution < -0.4 is 0 Å². The van der Waals surface area contributed by atoms with Crippen molar-refractivity contribution < 1.29 is 19.1 Å². The molecule has 7 heteroatoms. The van der Waals surface area contributed by atoms with E-state index >= 15 is 0 Å². The third kappa shape index (κ3) is 5.31. The number of aromatic carboxylic acids is 1. The van der Waals surface area contributed by atoms with Crippen molar-refractivity contribution in [2.45, 2.75) is 6.42 Å². The number of para-hydroxylation sites is 1. The van der Waals surface area contributed by atoms with Crippen molar-refractivity contribution in [3.63, 3.8) is 0 Å². The first-order valence-electron chi connectivity index (χ1n) is 11.4. The van der Waals surface area contributed by atoms with Crippen LogP contribution in [-0.2, 0) is 11.2 Å². The minimum absolute atomic E-state index is 0.116. The van der Waals surface area contributed by atoms with Gasteiger partial charge in [-0.25, -0.2) is 9.79 Å². The first-order chi connectivity index (χ1) is 17.6. The van der Waals surface area contributed by atoms with Crippen molar-refractivity contribution in [1.29, 1.82) is 0 Å². The van der Waals surface area contributed by atoms with Crippen molar-refractivity contribution in [3.05, 3.63) is 119 Å². The molecule has 1 saturated heterocycles. The number of amidine groups is 1. The fraction of sp³-hybridized carbons (Fsp3) is 0.0690. The molecule has 1 aliphatic heterocycles. The van der Waals surface area contributed by atoms with Gasteiger partial charge in [0.2, 0.25) is 0 Å². The van der Waals surface area contributed by atoms with Gasteiger partial charge in [0.1, 0.15) is 11.5 Å². The number of carbonyl (C=O) groups excluding carboxylic acids is 1. The summed E-state index contributed by atoms with van der Waals surface area (Å²) in [6.07, 6.45) is 2.44. The maximum atomic E-state index is 13.4. The lowest BCUT2D eigenvalue weighted by molar-refractivity contribution is -0.122. The molecule has 5 rings (SSSR count). The van der Waals surface area contributed by atoms with E-state index in [9.17, 15) is 9.59 Å². The monoisotopic (exact) mass is 494 g/mol. The zero-order valence-corrected chi connectivity index (χ0v) is 20.0. The second-order valence-corrected chi connectivity index (χ2v) is 9.13. The summed E-state index contributed by atoms with van der Waals surface area (Å²) in [6.45, 7) is 0.512. The molecule has 1 N–H and O–H groups in total. The second kappa shape index (κ2) is 10.5. The van der Waals surface area contributed by atoms with Crippen LogP contribution in [0, 0.1) is 0 Å². The first-order valence-corrected chi connectivity index (χ1v) is 12.2. The average molecular weight is 495 g/mol. The van der Waals surface area contributed by atoms with Gasteiger partial charge in [-0.1, -0.05) is 60.7 Å². The van der Waals surface area contributed by atoms with Crippen molar-refractivity contribution in [2.24, 2.45) is 4.99 Å². The standard InChI is InChI=1S/C29H22N2O4S/c32-27-26(19-24-15-16-25(35-24)21-11-13-22(14-12-21)28(33)34)36-29(30-23-9-5-2-6-10-23)31(27)18-17-20-7-3-1-4-8-20/h1-16,19H,17-18H2,(H,33,34). The fourth-order valence-electron chi connectivity index (χ4n) is 3.78. The van der Waals surface area contributed by atoms with Crippen molar-refractivity contribution in [3.8, 4) is 11.3 Å². The lowest BCUT2D eigenvalue weighted by Crippen LogP contribution is -2.31. The Morgan fingerprint density at radius 3 is 2.31 bits per heavy atom. The van der Waals surface area contributed by atoms with Crippen molar-refractivity contribution in [1.82, 2.24) is 4.90 Å². The third-order valence-electron chi connectivity index (χ3n) is 5.65. The molecule has 4 aromatic rings. The van der Waals surface area contributed by atoms with Gasteiger partial charge in [-0.05, 0) is 60.1 Å². The van der Waals surface area contributed by atoms with E-state index in [4.69, 9.17) is 14.5 Å². The highest BCUT2D eigenvalue weighted by Gasteiger charge is 2.33. The second-order valence-electron chi connectivity index (χ2n) is 8.12. The molecule has 0 radical (unpaired) electrons. The summed E-state index contributed by atoms with van der Waals surface area (Å²) < 4.78 is 5.95. The molecule has 36 heavy (non-hydrogen) atoms. The zero-order valence-electron chi connectivity index (χ0n) is 19.2. The van der Waals surface area contributed by atoms with Crippen LogP contribution in [0.25, 0.3) is 17.4 Å². The van der Waals surface area contributed by atoms with Gasteiger partial charge < -0.3 is 9.52 Å². The van der Waals surface area contributed by atoms with E-state index in [1.54, 1.807) is 35.2 Å². The number of rotatable bonds is 7. The number of thioether (sulfide) groups is 1. The van der Waals surface area contributed by atoms with Gasteiger partial charge in [-0.15, -0.1) is 0 Å². The minimum Gasteiger partial charge on any atom is -0.478 e. The highest BCUT2D eigenvalue weighted by atomic mass is 32.2. The van der Waals surface area contributed by atoms with E-state index in [0.29, 0.717) is 34.6 Å². The van der Waals surface area contributed by atoms with Crippen LogP contribution in [-0.4, -0.2) is 33.6 Å². The van der Waals surface area contributed by atoms with Crippen LogP contribution in [0.3, 0.4) is 0 Å². The molecule has 0 bridgehead atoms. The molecule has 1 aromatic heterocycles. The van der Waals surface area contributed by atoms with E-state index in [1.165, 1.54) is 23.9 Å². The Morgan fingerprint density at radius 1 is 0.917 bits per heavy atom. The summed E-state index contributed by atoms with van der Waals surface area (Å²) in [4.78, 5) is 31.4. The fourth-order valence-corrected chi connectivity index (χ4v) is 4.78. The topological polar surface area (TPSA) is 83.1 Å². The van der Waals surface area contributed by atoms with E-state index in [-0.39, 0.29) is 11.5 Å². The van der Waals surface area contributed by atoms with Crippen LogP contribution in [0.2, 0.25) is 0 Å². The van der Waals surface area contributed by atoms with Crippen LogP contribution in [0.15, 0.2) is 111 Å². The number of carbonyl (C=O) groups is 2. The van der Waals surface area contributed by atoms with Gasteiger partial charge in [0.05, 0.1) is 16.2 Å². The van der Waals surface area contributed by atoms with Gasteiger partial charge in [-0.3, -0.25) is 9.69 Å². The Hall–Kier alpha value is -4.36. The number of benzene rings is 3. The van der Waals surface area contributed by atoms with Gasteiger partial charge in [0.25, 0.3) is 5.91 Å². The third-order valence-corrected chi connectivity index (χ3v) is 6.66. The molecule has 2 heterocycles. The Balaban J connectivity index is 1.40. The number of furan rings is 1. The van der Waals surface area contributed by atoms with E-state index < -0.39 is 5.97 Å². The molecule has 1 aliphatic rings. The molecule has 0 saturated carbocycles. The quantitative estimate of drug-likeness (QED) is 0.297. The van der Waals surface area contributed by atoms with E-state index in [2.05, 4.69) is 0 Å². The number of nitrogens with zero attached hydrogens (tertiary/aromatic N) is 2. The lowest BCUT2D eigenvalue weighted by Gasteiger charge is -2.15. The molecule has 1 fully saturated rings. The minimum atomic E-state index is -0.979. The molecule has 0 aliphatic carbocycles. The maximum absolute atomic E-state index is 13.4. The number of hydrogen-bond acceptors (Lipinski definition) is 5. The van der Waals surface area contributed by atoms with Gasteiger partial charge in [0, 0.05) is 18.2 Å². The zero-order chi connectivity index (χ0) is 24.9. The van der Waals surface area contributed by atoms with Gasteiger partial charge >= 0.3 is 5.97 Å². The average Bonchev–Trinajstić information content (AvgIpc) is 3.49. The summed E-state index contributed by atoms with van der Waals surface area (Å²) in [5.41, 5.74) is 2.90. The predicted molar refractivity (Wildman–Crippen MR) is 142 cm³/mol. The van der Waals surface area contributed by atoms with Crippen molar-refractivity contribution >= 4 is 40.6 Å². The van der Waals surface area contributed by atoms with Crippen LogP contribution in [0.5, 0.6) is 0 Å².